The van der Waals surface area contributed by atoms with E-state index in [1.807, 2.05) is 0 Å². The maximum atomic E-state index is 11.1. The van der Waals surface area contributed by atoms with Crippen molar-refractivity contribution in [2.24, 2.45) is 0 Å². The first-order valence-electron chi connectivity index (χ1n) is 9.11. The molecule has 0 aliphatic rings. The van der Waals surface area contributed by atoms with E-state index in [0.717, 1.165) is 13.0 Å². The van der Waals surface area contributed by atoms with Gasteiger partial charge in [0.2, 0.25) is 0 Å². The van der Waals surface area contributed by atoms with Crippen molar-refractivity contribution in [3.63, 3.8) is 0 Å². The lowest BCUT2D eigenvalue weighted by Gasteiger charge is -2.28. The third-order valence-corrected chi connectivity index (χ3v) is 4.04. The van der Waals surface area contributed by atoms with E-state index >= 15 is 0 Å². The minimum atomic E-state index is -0.917. The fourth-order valence-corrected chi connectivity index (χ4v) is 2.64. The van der Waals surface area contributed by atoms with Crippen molar-refractivity contribution in [2.75, 3.05) is 79.5 Å². The fourth-order valence-electron chi connectivity index (χ4n) is 2.64. The number of likely N-dealkylation sites (N-methyl/N-ethyl adjacent to an activating group) is 2. The molecular weight excluding hydrogens is 356 g/mol. The number of hydrogen-bond donors (Lipinski definition) is 3. The molecule has 10 heteroatoms. The summed E-state index contributed by atoms with van der Waals surface area (Å²) in [6.45, 7) is 6.19. The van der Waals surface area contributed by atoms with Crippen molar-refractivity contribution in [3.8, 4) is 0 Å². The standard InChI is InChI=1S/C17H34N4O6/c1-4-5-20(8-6-18(2)12-15(22)23)10-11-21(14-17(26)27)9-7-19(3)13-16(24)25/h4-14H2,1-3H3,(H,22,23)(H,24,25)(H,26,27). The number of carboxylic acid groups (broad SMARTS) is 3. The zero-order chi connectivity index (χ0) is 20.8. The fraction of sp³-hybridized carbons (Fsp3) is 0.824. The molecule has 0 aliphatic heterocycles. The zero-order valence-electron chi connectivity index (χ0n) is 16.6. The molecule has 0 saturated carbocycles. The largest absolute Gasteiger partial charge is 0.480 e. The van der Waals surface area contributed by atoms with Crippen LogP contribution >= 0.6 is 0 Å². The minimum Gasteiger partial charge on any atom is -0.480 e. The Morgan fingerprint density at radius 1 is 0.593 bits per heavy atom. The Morgan fingerprint density at radius 3 is 1.37 bits per heavy atom. The molecule has 0 bridgehead atoms. The molecule has 0 amide bonds. The van der Waals surface area contributed by atoms with Gasteiger partial charge in [0.1, 0.15) is 0 Å². The molecule has 0 aromatic carbocycles. The molecule has 158 valence electrons. The summed E-state index contributed by atoms with van der Waals surface area (Å²) in [6, 6.07) is 0. The Hall–Kier alpha value is -1.75. The molecule has 0 aliphatic carbocycles. The second kappa shape index (κ2) is 14.3. The van der Waals surface area contributed by atoms with Crippen LogP contribution in [0.25, 0.3) is 0 Å². The molecule has 27 heavy (non-hydrogen) atoms. The summed E-state index contributed by atoms with van der Waals surface area (Å²) in [5.41, 5.74) is 0. The molecule has 0 saturated heterocycles. The lowest BCUT2D eigenvalue weighted by Crippen LogP contribution is -2.43. The normalized spacial score (nSPS) is 11.7. The molecule has 3 N–H and O–H groups in total. The minimum absolute atomic E-state index is 0.0129. The number of rotatable bonds is 17. The van der Waals surface area contributed by atoms with Crippen LogP contribution in [0.5, 0.6) is 0 Å². The second-order valence-corrected chi connectivity index (χ2v) is 6.77. The Morgan fingerprint density at radius 2 is 0.963 bits per heavy atom. The summed E-state index contributed by atoms with van der Waals surface area (Å²) in [6.07, 6.45) is 0.947. The third-order valence-electron chi connectivity index (χ3n) is 4.04. The van der Waals surface area contributed by atoms with Gasteiger partial charge in [0, 0.05) is 39.3 Å². The average Bonchev–Trinajstić information content (AvgIpc) is 2.53. The van der Waals surface area contributed by atoms with Crippen molar-refractivity contribution < 1.29 is 29.7 Å². The van der Waals surface area contributed by atoms with Gasteiger partial charge in [0.15, 0.2) is 0 Å². The summed E-state index contributed by atoms with van der Waals surface area (Å²) in [5.74, 6) is -2.70. The van der Waals surface area contributed by atoms with Gasteiger partial charge >= 0.3 is 17.9 Å². The molecule has 0 radical (unpaired) electrons. The SMILES string of the molecule is CCCN(CCN(C)CC(=O)O)CCN(CCN(C)CC(=O)O)CC(=O)O. The van der Waals surface area contributed by atoms with E-state index in [9.17, 15) is 14.4 Å². The first kappa shape index (κ1) is 25.2. The molecule has 10 nitrogen and oxygen atoms in total. The smallest absolute Gasteiger partial charge is 0.317 e. The molecule has 0 heterocycles. The summed E-state index contributed by atoms with van der Waals surface area (Å²) in [5, 5.41) is 26.7. The van der Waals surface area contributed by atoms with Crippen LogP contribution in [0, 0.1) is 0 Å². The number of aliphatic carboxylic acids is 3. The van der Waals surface area contributed by atoms with Gasteiger partial charge in [-0.05, 0) is 27.1 Å². The number of nitrogens with zero attached hydrogens (tertiary/aromatic N) is 4. The molecular formula is C17H34N4O6. The van der Waals surface area contributed by atoms with Crippen molar-refractivity contribution in [1.82, 2.24) is 19.6 Å². The maximum Gasteiger partial charge on any atom is 0.317 e. The van der Waals surface area contributed by atoms with E-state index in [4.69, 9.17) is 15.3 Å². The molecule has 0 atom stereocenters. The van der Waals surface area contributed by atoms with E-state index in [1.165, 1.54) is 0 Å². The molecule has 0 spiro atoms. The van der Waals surface area contributed by atoms with Gasteiger partial charge in [0.25, 0.3) is 0 Å². The molecule has 0 aromatic heterocycles. The van der Waals surface area contributed by atoms with E-state index in [2.05, 4.69) is 11.8 Å². The number of hydrogen-bond acceptors (Lipinski definition) is 7. The van der Waals surface area contributed by atoms with Gasteiger partial charge in [-0.15, -0.1) is 0 Å². The van der Waals surface area contributed by atoms with Crippen molar-refractivity contribution in [1.29, 1.82) is 0 Å². The summed E-state index contributed by atoms with van der Waals surface area (Å²) in [4.78, 5) is 39.9. The van der Waals surface area contributed by atoms with Crippen LogP contribution in [0.4, 0.5) is 0 Å². The van der Waals surface area contributed by atoms with Crippen LogP contribution in [-0.4, -0.2) is 132 Å². The van der Waals surface area contributed by atoms with Crippen molar-refractivity contribution in [2.45, 2.75) is 13.3 Å². The van der Waals surface area contributed by atoms with Gasteiger partial charge in [-0.2, -0.15) is 0 Å². The highest BCUT2D eigenvalue weighted by molar-refractivity contribution is 5.69. The quantitative estimate of drug-likeness (QED) is 0.288. The van der Waals surface area contributed by atoms with Gasteiger partial charge in [0.05, 0.1) is 19.6 Å². The summed E-state index contributed by atoms with van der Waals surface area (Å²) >= 11 is 0. The lowest BCUT2D eigenvalue weighted by molar-refractivity contribution is -0.140. The first-order valence-corrected chi connectivity index (χ1v) is 9.11. The highest BCUT2D eigenvalue weighted by Crippen LogP contribution is 1.97. The Balaban J connectivity index is 4.51. The highest BCUT2D eigenvalue weighted by Gasteiger charge is 2.14. The van der Waals surface area contributed by atoms with Crippen LogP contribution < -0.4 is 0 Å². The number of carbonyl (C=O) groups is 3. The monoisotopic (exact) mass is 390 g/mol. The van der Waals surface area contributed by atoms with Crippen LogP contribution in [-0.2, 0) is 14.4 Å². The Bertz CT molecular complexity index is 463. The topological polar surface area (TPSA) is 125 Å². The van der Waals surface area contributed by atoms with Crippen molar-refractivity contribution in [3.05, 3.63) is 0 Å². The number of carboxylic acids is 3. The predicted octanol–water partition coefficient (Wildman–Crippen LogP) is -0.882. The summed E-state index contributed by atoms with van der Waals surface area (Å²) in [7, 11) is 3.45. The van der Waals surface area contributed by atoms with Gasteiger partial charge < -0.3 is 20.2 Å². The van der Waals surface area contributed by atoms with Gasteiger partial charge in [-0.1, -0.05) is 6.92 Å². The summed E-state index contributed by atoms with van der Waals surface area (Å²) < 4.78 is 0. The highest BCUT2D eigenvalue weighted by atomic mass is 16.4. The lowest BCUT2D eigenvalue weighted by atomic mass is 10.3. The molecule has 0 fully saturated rings. The van der Waals surface area contributed by atoms with E-state index < -0.39 is 17.9 Å². The third kappa shape index (κ3) is 15.0. The maximum absolute atomic E-state index is 11.1. The molecule has 0 rings (SSSR count). The predicted molar refractivity (Wildman–Crippen MR) is 101 cm³/mol. The van der Waals surface area contributed by atoms with Crippen LogP contribution in [0.2, 0.25) is 0 Å². The van der Waals surface area contributed by atoms with Crippen LogP contribution in [0.1, 0.15) is 13.3 Å². The second-order valence-electron chi connectivity index (χ2n) is 6.77. The van der Waals surface area contributed by atoms with E-state index in [-0.39, 0.29) is 19.6 Å². The Labute approximate surface area is 160 Å². The van der Waals surface area contributed by atoms with E-state index in [1.54, 1.807) is 28.8 Å². The first-order chi connectivity index (χ1) is 12.6. The average molecular weight is 390 g/mol. The van der Waals surface area contributed by atoms with E-state index in [0.29, 0.717) is 39.3 Å². The van der Waals surface area contributed by atoms with Crippen LogP contribution in [0.3, 0.4) is 0 Å². The Kier molecular flexibility index (Phi) is 13.4. The molecule has 0 unspecified atom stereocenters. The van der Waals surface area contributed by atoms with Crippen LogP contribution in [0.15, 0.2) is 0 Å². The molecule has 0 aromatic rings. The zero-order valence-corrected chi connectivity index (χ0v) is 16.6. The van der Waals surface area contributed by atoms with Gasteiger partial charge in [-0.25, -0.2) is 0 Å². The van der Waals surface area contributed by atoms with Crippen molar-refractivity contribution >= 4 is 17.9 Å². The van der Waals surface area contributed by atoms with Gasteiger partial charge in [-0.3, -0.25) is 29.1 Å².